The van der Waals surface area contributed by atoms with E-state index in [-0.39, 0.29) is 11.8 Å². The quantitative estimate of drug-likeness (QED) is 0.908. The minimum absolute atomic E-state index is 0.104. The molecule has 1 aromatic carbocycles. The molecule has 0 spiro atoms. The lowest BCUT2D eigenvalue weighted by Crippen LogP contribution is -2.29. The number of hydrogen-bond acceptors (Lipinski definition) is 3. The maximum Gasteiger partial charge on any atom is 0.231 e. The SMILES string of the molecule is CC1CC1c1cc(NC(=O)C2CCCC2O)n(-c2ccccc2)n1. The Labute approximate surface area is 141 Å². The third kappa shape index (κ3) is 2.84. The number of nitrogens with one attached hydrogen (secondary N) is 1. The predicted molar refractivity (Wildman–Crippen MR) is 92.1 cm³/mol. The number of aliphatic hydroxyl groups is 1. The second-order valence-electron chi connectivity index (χ2n) is 7.12. The van der Waals surface area contributed by atoms with E-state index >= 15 is 0 Å². The van der Waals surface area contributed by atoms with Crippen LogP contribution >= 0.6 is 0 Å². The average Bonchev–Trinajstić information content (AvgIpc) is 2.97. The van der Waals surface area contributed by atoms with Crippen molar-refractivity contribution in [1.29, 1.82) is 0 Å². The lowest BCUT2D eigenvalue weighted by molar-refractivity contribution is -0.122. The van der Waals surface area contributed by atoms with E-state index < -0.39 is 6.10 Å². The number of anilines is 1. The highest BCUT2D eigenvalue weighted by atomic mass is 16.3. The lowest BCUT2D eigenvalue weighted by atomic mass is 10.1. The zero-order valence-corrected chi connectivity index (χ0v) is 13.9. The summed E-state index contributed by atoms with van der Waals surface area (Å²) in [6, 6.07) is 11.8. The Morgan fingerprint density at radius 3 is 2.67 bits per heavy atom. The third-order valence-electron chi connectivity index (χ3n) is 5.29. The molecule has 2 aliphatic carbocycles. The van der Waals surface area contributed by atoms with Crippen molar-refractivity contribution >= 4 is 11.7 Å². The molecule has 4 atom stereocenters. The van der Waals surface area contributed by atoms with Crippen molar-refractivity contribution in [2.24, 2.45) is 11.8 Å². The van der Waals surface area contributed by atoms with E-state index in [2.05, 4.69) is 12.2 Å². The summed E-state index contributed by atoms with van der Waals surface area (Å²) in [7, 11) is 0. The molecule has 2 aromatic rings. The van der Waals surface area contributed by atoms with E-state index in [1.807, 2.05) is 36.4 Å². The molecular weight excluding hydrogens is 302 g/mol. The van der Waals surface area contributed by atoms with E-state index in [9.17, 15) is 9.90 Å². The second-order valence-corrected chi connectivity index (χ2v) is 7.12. The molecule has 0 radical (unpaired) electrons. The van der Waals surface area contributed by atoms with Gasteiger partial charge in [-0.3, -0.25) is 4.79 Å². The second kappa shape index (κ2) is 6.06. The summed E-state index contributed by atoms with van der Waals surface area (Å²) in [5.74, 6) is 1.42. The maximum atomic E-state index is 12.6. The normalized spacial score (nSPS) is 28.8. The Bertz CT molecular complexity index is 740. The molecule has 5 nitrogen and oxygen atoms in total. The van der Waals surface area contributed by atoms with Crippen LogP contribution in [-0.4, -0.2) is 26.9 Å². The van der Waals surface area contributed by atoms with Gasteiger partial charge in [-0.2, -0.15) is 5.10 Å². The summed E-state index contributed by atoms with van der Waals surface area (Å²) < 4.78 is 1.81. The van der Waals surface area contributed by atoms with Crippen LogP contribution in [-0.2, 0) is 4.79 Å². The molecule has 0 aliphatic heterocycles. The number of aliphatic hydroxyl groups excluding tert-OH is 1. The molecule has 1 aromatic heterocycles. The molecule has 24 heavy (non-hydrogen) atoms. The van der Waals surface area contributed by atoms with E-state index in [4.69, 9.17) is 5.10 Å². The van der Waals surface area contributed by atoms with Gasteiger partial charge in [0, 0.05) is 12.0 Å². The first-order valence-corrected chi connectivity index (χ1v) is 8.78. The Morgan fingerprint density at radius 2 is 2.04 bits per heavy atom. The first-order valence-electron chi connectivity index (χ1n) is 8.78. The lowest BCUT2D eigenvalue weighted by Gasteiger charge is -2.15. The summed E-state index contributed by atoms with van der Waals surface area (Å²) in [4.78, 5) is 12.6. The molecule has 0 bridgehead atoms. The van der Waals surface area contributed by atoms with Gasteiger partial charge in [-0.1, -0.05) is 25.1 Å². The van der Waals surface area contributed by atoms with Crippen LogP contribution in [0.1, 0.15) is 44.2 Å². The number of para-hydroxylation sites is 1. The van der Waals surface area contributed by atoms with Gasteiger partial charge in [0.05, 0.1) is 23.4 Å². The predicted octanol–water partition coefficient (Wildman–Crippen LogP) is 3.10. The highest BCUT2D eigenvalue weighted by Gasteiger charge is 2.37. The van der Waals surface area contributed by atoms with Gasteiger partial charge in [0.1, 0.15) is 5.82 Å². The van der Waals surface area contributed by atoms with Gasteiger partial charge in [0.2, 0.25) is 5.91 Å². The standard InChI is InChI=1S/C19H23N3O2/c1-12-10-15(12)16-11-18(20-19(24)14-8-5-9-17(14)23)22(21-16)13-6-3-2-4-7-13/h2-4,6-7,11-12,14-15,17,23H,5,8-10H2,1H3,(H,20,24). The first kappa shape index (κ1) is 15.4. The van der Waals surface area contributed by atoms with Crippen molar-refractivity contribution in [3.63, 3.8) is 0 Å². The van der Waals surface area contributed by atoms with Crippen molar-refractivity contribution in [2.75, 3.05) is 5.32 Å². The van der Waals surface area contributed by atoms with E-state index in [0.717, 1.165) is 30.6 Å². The number of rotatable bonds is 4. The molecule has 4 unspecified atom stereocenters. The largest absolute Gasteiger partial charge is 0.392 e. The summed E-state index contributed by atoms with van der Waals surface area (Å²) in [6.45, 7) is 2.22. The fraction of sp³-hybridized carbons (Fsp3) is 0.474. The molecule has 2 N–H and O–H groups in total. The number of nitrogens with zero attached hydrogens (tertiary/aromatic N) is 2. The Hall–Kier alpha value is -2.14. The Balaban J connectivity index is 1.63. The van der Waals surface area contributed by atoms with Crippen molar-refractivity contribution in [3.8, 4) is 5.69 Å². The van der Waals surface area contributed by atoms with Crippen molar-refractivity contribution < 1.29 is 9.90 Å². The first-order chi connectivity index (χ1) is 11.6. The van der Waals surface area contributed by atoms with Gasteiger partial charge in [0.15, 0.2) is 0 Å². The Morgan fingerprint density at radius 1 is 1.29 bits per heavy atom. The van der Waals surface area contributed by atoms with Gasteiger partial charge in [0.25, 0.3) is 0 Å². The van der Waals surface area contributed by atoms with Gasteiger partial charge in [-0.25, -0.2) is 4.68 Å². The monoisotopic (exact) mass is 325 g/mol. The van der Waals surface area contributed by atoms with Crippen LogP contribution in [0.25, 0.3) is 5.69 Å². The summed E-state index contributed by atoms with van der Waals surface area (Å²) >= 11 is 0. The number of carbonyl (C=O) groups is 1. The van der Waals surface area contributed by atoms with Gasteiger partial charge >= 0.3 is 0 Å². The van der Waals surface area contributed by atoms with Crippen LogP contribution < -0.4 is 5.32 Å². The number of aromatic nitrogens is 2. The van der Waals surface area contributed by atoms with Crippen LogP contribution in [0.3, 0.4) is 0 Å². The minimum Gasteiger partial charge on any atom is -0.392 e. The van der Waals surface area contributed by atoms with E-state index in [0.29, 0.717) is 24.1 Å². The number of carbonyl (C=O) groups excluding carboxylic acids is 1. The topological polar surface area (TPSA) is 67.2 Å². The van der Waals surface area contributed by atoms with Crippen molar-refractivity contribution in [2.45, 2.75) is 44.6 Å². The fourth-order valence-electron chi connectivity index (χ4n) is 3.64. The molecule has 0 saturated heterocycles. The van der Waals surface area contributed by atoms with Crippen molar-refractivity contribution in [1.82, 2.24) is 9.78 Å². The van der Waals surface area contributed by atoms with Crippen LogP contribution in [0.4, 0.5) is 5.82 Å². The third-order valence-corrected chi connectivity index (χ3v) is 5.29. The van der Waals surface area contributed by atoms with Gasteiger partial charge in [-0.15, -0.1) is 0 Å². The fourth-order valence-corrected chi connectivity index (χ4v) is 3.64. The maximum absolute atomic E-state index is 12.6. The summed E-state index contributed by atoms with van der Waals surface area (Å²) in [6.07, 6.45) is 2.99. The molecule has 1 amide bonds. The highest BCUT2D eigenvalue weighted by Crippen LogP contribution is 2.47. The number of hydrogen-bond donors (Lipinski definition) is 2. The highest BCUT2D eigenvalue weighted by molar-refractivity contribution is 5.92. The van der Waals surface area contributed by atoms with E-state index in [1.54, 1.807) is 4.68 Å². The molecule has 5 heteroatoms. The number of benzene rings is 1. The molecule has 126 valence electrons. The Kier molecular flexibility index (Phi) is 3.88. The zero-order valence-electron chi connectivity index (χ0n) is 13.9. The molecule has 1 heterocycles. The van der Waals surface area contributed by atoms with Crippen LogP contribution in [0.5, 0.6) is 0 Å². The van der Waals surface area contributed by atoms with E-state index in [1.165, 1.54) is 0 Å². The molecular formula is C19H23N3O2. The molecule has 4 rings (SSSR count). The molecule has 2 saturated carbocycles. The molecule has 2 aliphatic rings. The van der Waals surface area contributed by atoms with Gasteiger partial charge in [-0.05, 0) is 43.7 Å². The smallest absolute Gasteiger partial charge is 0.231 e. The zero-order chi connectivity index (χ0) is 16.7. The van der Waals surface area contributed by atoms with Crippen molar-refractivity contribution in [3.05, 3.63) is 42.1 Å². The van der Waals surface area contributed by atoms with Gasteiger partial charge < -0.3 is 10.4 Å². The minimum atomic E-state index is -0.527. The van der Waals surface area contributed by atoms with Crippen LogP contribution in [0.2, 0.25) is 0 Å². The molecule has 2 fully saturated rings. The van der Waals surface area contributed by atoms with Crippen LogP contribution in [0.15, 0.2) is 36.4 Å². The number of amides is 1. The summed E-state index contributed by atoms with van der Waals surface area (Å²) in [5, 5.41) is 17.7. The summed E-state index contributed by atoms with van der Waals surface area (Å²) in [5.41, 5.74) is 1.97. The van der Waals surface area contributed by atoms with Crippen LogP contribution in [0, 0.1) is 11.8 Å². The average molecular weight is 325 g/mol.